The van der Waals surface area contributed by atoms with Crippen molar-refractivity contribution in [3.8, 4) is 0 Å². The number of hydrogen-bond donors (Lipinski definition) is 1. The molecule has 6 rings (SSSR count). The topological polar surface area (TPSA) is 120 Å². The van der Waals surface area contributed by atoms with E-state index in [0.717, 1.165) is 55.2 Å². The lowest BCUT2D eigenvalue weighted by atomic mass is 10.0. The normalized spacial score (nSPS) is 22.1. The van der Waals surface area contributed by atoms with Crippen molar-refractivity contribution in [2.75, 3.05) is 44.2 Å². The number of benzene rings is 2. The maximum Gasteiger partial charge on any atom is 0.410 e. The summed E-state index contributed by atoms with van der Waals surface area (Å²) in [5.41, 5.74) is 2.43. The zero-order valence-corrected chi connectivity index (χ0v) is 22.8. The van der Waals surface area contributed by atoms with E-state index in [-0.39, 0.29) is 25.5 Å². The fraction of sp³-hybridized carbons (Fsp3) is 0.433. The molecule has 1 unspecified atom stereocenters. The van der Waals surface area contributed by atoms with Crippen molar-refractivity contribution < 1.29 is 28.7 Å². The Morgan fingerprint density at radius 2 is 1.54 bits per heavy atom. The molecule has 1 N–H and O–H groups in total. The lowest BCUT2D eigenvalue weighted by Gasteiger charge is -2.43. The quantitative estimate of drug-likeness (QED) is 0.553. The number of rotatable bonds is 5. The summed E-state index contributed by atoms with van der Waals surface area (Å²) >= 11 is 0. The number of carbonyl (C=O) groups is 5. The second-order valence-electron chi connectivity index (χ2n) is 11.0. The van der Waals surface area contributed by atoms with Gasteiger partial charge in [-0.2, -0.15) is 0 Å². The molecular weight excluding hydrogens is 526 g/mol. The number of ether oxygens (including phenoxy) is 1. The van der Waals surface area contributed by atoms with Crippen molar-refractivity contribution in [3.63, 3.8) is 0 Å². The van der Waals surface area contributed by atoms with Gasteiger partial charge in [0.05, 0.1) is 11.1 Å². The Morgan fingerprint density at radius 3 is 2.24 bits per heavy atom. The van der Waals surface area contributed by atoms with Crippen LogP contribution in [0.3, 0.4) is 0 Å². The van der Waals surface area contributed by atoms with E-state index in [4.69, 9.17) is 4.74 Å². The number of nitrogens with zero attached hydrogens (tertiary/aromatic N) is 4. The summed E-state index contributed by atoms with van der Waals surface area (Å²) in [4.78, 5) is 70.0. The van der Waals surface area contributed by atoms with Crippen LogP contribution in [0.15, 0.2) is 48.5 Å². The second-order valence-corrected chi connectivity index (χ2v) is 11.0. The summed E-state index contributed by atoms with van der Waals surface area (Å²) in [6.07, 6.45) is 1.86. The molecule has 3 fully saturated rings. The van der Waals surface area contributed by atoms with Crippen LogP contribution in [-0.4, -0.2) is 95.8 Å². The summed E-state index contributed by atoms with van der Waals surface area (Å²) in [5.74, 6) is -1.98. The highest BCUT2D eigenvalue weighted by Gasteiger charge is 2.45. The van der Waals surface area contributed by atoms with Gasteiger partial charge in [-0.3, -0.25) is 34.3 Å². The Labute approximate surface area is 238 Å². The number of piperazine rings is 1. The van der Waals surface area contributed by atoms with Gasteiger partial charge >= 0.3 is 6.09 Å². The average Bonchev–Trinajstić information content (AvgIpc) is 3.25. The number of imide groups is 2. The van der Waals surface area contributed by atoms with E-state index in [9.17, 15) is 24.0 Å². The zero-order valence-electron chi connectivity index (χ0n) is 22.8. The highest BCUT2D eigenvalue weighted by atomic mass is 16.6. The molecule has 1 atom stereocenters. The molecule has 4 heterocycles. The number of carbonyl (C=O) groups excluding carboxylic acids is 5. The van der Waals surface area contributed by atoms with Crippen LogP contribution in [0.25, 0.3) is 0 Å². The fourth-order valence-electron chi connectivity index (χ4n) is 6.23. The average molecular weight is 560 g/mol. The number of nitrogens with one attached hydrogen (secondary N) is 1. The lowest BCUT2D eigenvalue weighted by molar-refractivity contribution is -0.136. The molecule has 0 saturated carbocycles. The molecule has 0 aromatic heterocycles. The predicted octanol–water partition coefficient (Wildman–Crippen LogP) is 2.01. The molecule has 41 heavy (non-hydrogen) atoms. The van der Waals surface area contributed by atoms with Crippen molar-refractivity contribution in [1.29, 1.82) is 0 Å². The second kappa shape index (κ2) is 11.3. The first-order chi connectivity index (χ1) is 19.9. The molecule has 0 spiro atoms. The monoisotopic (exact) mass is 559 g/mol. The standard InChI is InChI=1S/C30H33N5O6/c36-26-9-8-25(27(37)31-26)35-28(38)23-7-6-22(18-24(23)29(35)39)32-12-10-21(11-13-32)33-14-16-34(17-15-33)30(40)41-19-20-4-2-1-3-5-20/h1-7,18,21,25H,8-17,19H2,(H,31,36,37). The SMILES string of the molecule is O=C1CCC(N2C(=O)c3ccc(N4CCC(N5CCN(C(=O)OCc6ccccc6)CC5)CC4)cc3C2=O)C(=O)N1. The third kappa shape index (κ3) is 5.41. The van der Waals surface area contributed by atoms with Gasteiger partial charge in [-0.25, -0.2) is 4.79 Å². The summed E-state index contributed by atoms with van der Waals surface area (Å²) in [6.45, 7) is 4.77. The molecule has 5 amide bonds. The van der Waals surface area contributed by atoms with E-state index in [2.05, 4.69) is 15.1 Å². The molecule has 0 radical (unpaired) electrons. The van der Waals surface area contributed by atoms with Gasteiger partial charge in [-0.1, -0.05) is 30.3 Å². The van der Waals surface area contributed by atoms with Gasteiger partial charge in [0.25, 0.3) is 11.8 Å². The number of piperidine rings is 2. The van der Waals surface area contributed by atoms with Crippen molar-refractivity contribution in [2.45, 2.75) is 44.4 Å². The summed E-state index contributed by atoms with van der Waals surface area (Å²) in [7, 11) is 0. The summed E-state index contributed by atoms with van der Waals surface area (Å²) < 4.78 is 5.49. The highest BCUT2D eigenvalue weighted by molar-refractivity contribution is 6.23. The first-order valence-corrected chi connectivity index (χ1v) is 14.2. The first kappa shape index (κ1) is 26.9. The molecule has 2 aromatic carbocycles. The smallest absolute Gasteiger partial charge is 0.410 e. The van der Waals surface area contributed by atoms with E-state index < -0.39 is 29.7 Å². The maximum atomic E-state index is 13.2. The van der Waals surface area contributed by atoms with Crippen molar-refractivity contribution >= 4 is 35.4 Å². The van der Waals surface area contributed by atoms with E-state index in [0.29, 0.717) is 30.3 Å². The third-order valence-electron chi connectivity index (χ3n) is 8.55. The molecule has 0 bridgehead atoms. The van der Waals surface area contributed by atoms with E-state index in [1.165, 1.54) is 0 Å². The minimum absolute atomic E-state index is 0.0946. The Hall–Kier alpha value is -4.25. The van der Waals surface area contributed by atoms with Gasteiger partial charge in [-0.05, 0) is 43.0 Å². The molecule has 3 saturated heterocycles. The van der Waals surface area contributed by atoms with Gasteiger partial charge in [0, 0.05) is 57.4 Å². The first-order valence-electron chi connectivity index (χ1n) is 14.2. The zero-order chi connectivity index (χ0) is 28.5. The van der Waals surface area contributed by atoms with Crippen LogP contribution < -0.4 is 10.2 Å². The molecule has 0 aliphatic carbocycles. The van der Waals surface area contributed by atoms with Crippen LogP contribution in [0.2, 0.25) is 0 Å². The van der Waals surface area contributed by atoms with Crippen LogP contribution in [-0.2, 0) is 20.9 Å². The van der Waals surface area contributed by atoms with Gasteiger partial charge in [0.15, 0.2) is 0 Å². The molecule has 4 aliphatic rings. The number of amides is 5. The maximum absolute atomic E-state index is 13.2. The number of anilines is 1. The van der Waals surface area contributed by atoms with Gasteiger partial charge in [0.1, 0.15) is 12.6 Å². The molecular formula is C30H33N5O6. The van der Waals surface area contributed by atoms with Crippen molar-refractivity contribution in [3.05, 3.63) is 65.2 Å². The number of hydrogen-bond acceptors (Lipinski definition) is 8. The third-order valence-corrected chi connectivity index (χ3v) is 8.55. The molecule has 2 aromatic rings. The van der Waals surface area contributed by atoms with Crippen LogP contribution in [0.4, 0.5) is 10.5 Å². The Kier molecular flexibility index (Phi) is 7.44. The molecule has 214 valence electrons. The van der Waals surface area contributed by atoms with Gasteiger partial charge in [0.2, 0.25) is 11.8 Å². The van der Waals surface area contributed by atoms with Gasteiger partial charge < -0.3 is 14.5 Å². The van der Waals surface area contributed by atoms with Crippen LogP contribution in [0.5, 0.6) is 0 Å². The van der Waals surface area contributed by atoms with Crippen LogP contribution in [0, 0.1) is 0 Å². The minimum atomic E-state index is -0.967. The van der Waals surface area contributed by atoms with E-state index in [1.54, 1.807) is 17.0 Å². The Morgan fingerprint density at radius 1 is 0.829 bits per heavy atom. The Balaban J connectivity index is 1.01. The van der Waals surface area contributed by atoms with Gasteiger partial charge in [-0.15, -0.1) is 0 Å². The predicted molar refractivity (Wildman–Crippen MR) is 148 cm³/mol. The van der Waals surface area contributed by atoms with Crippen molar-refractivity contribution in [1.82, 2.24) is 20.0 Å². The fourth-order valence-corrected chi connectivity index (χ4v) is 6.23. The lowest BCUT2D eigenvalue weighted by Crippen LogP contribution is -2.54. The largest absolute Gasteiger partial charge is 0.445 e. The summed E-state index contributed by atoms with van der Waals surface area (Å²) in [6, 6.07) is 14.4. The number of fused-ring (bicyclic) bond motifs is 1. The highest BCUT2D eigenvalue weighted by Crippen LogP contribution is 2.32. The molecule has 4 aliphatic heterocycles. The summed E-state index contributed by atoms with van der Waals surface area (Å²) in [5, 5.41) is 2.23. The van der Waals surface area contributed by atoms with E-state index in [1.807, 2.05) is 36.4 Å². The van der Waals surface area contributed by atoms with E-state index >= 15 is 0 Å². The van der Waals surface area contributed by atoms with Crippen molar-refractivity contribution in [2.24, 2.45) is 0 Å². The Bertz CT molecular complexity index is 1360. The van der Waals surface area contributed by atoms with Crippen LogP contribution in [0.1, 0.15) is 52.0 Å². The molecule has 11 heteroatoms. The van der Waals surface area contributed by atoms with Crippen LogP contribution >= 0.6 is 0 Å². The molecule has 11 nitrogen and oxygen atoms in total. The minimum Gasteiger partial charge on any atom is -0.445 e.